The minimum absolute atomic E-state index is 0.306. The van der Waals surface area contributed by atoms with E-state index in [1.54, 1.807) is 0 Å². The van der Waals surface area contributed by atoms with E-state index in [1.165, 1.54) is 12.8 Å². The van der Waals surface area contributed by atoms with Crippen LogP contribution in [-0.2, 0) is 4.65 Å². The fraction of sp³-hybridized carbons (Fsp3) is 1.00. The van der Waals surface area contributed by atoms with Crippen LogP contribution >= 0.6 is 0 Å². The van der Waals surface area contributed by atoms with Crippen molar-refractivity contribution in [2.75, 3.05) is 0 Å². The van der Waals surface area contributed by atoms with E-state index in [0.29, 0.717) is 6.10 Å². The molecule has 0 atom stereocenters. The molecular weight excluding hydrogens is 103 g/mol. The summed E-state index contributed by atoms with van der Waals surface area (Å²) < 4.78 is 4.83. The lowest BCUT2D eigenvalue weighted by atomic mass is 10.3. The van der Waals surface area contributed by atoms with Crippen molar-refractivity contribution < 1.29 is 9.68 Å². The molecule has 0 bridgehead atoms. The molecule has 0 aliphatic heterocycles. The van der Waals surface area contributed by atoms with E-state index in [9.17, 15) is 0 Å². The van der Waals surface area contributed by atoms with Gasteiger partial charge in [0.05, 0.1) is 0 Å². The number of hydrogen-bond donors (Lipinski definition) is 1. The first-order valence-electron chi connectivity index (χ1n) is 3.05. The van der Waals surface area contributed by atoms with Crippen LogP contribution in [0.1, 0.15) is 25.7 Å². The maximum atomic E-state index is 8.18. The number of hydrogen-bond acceptors (Lipinski definition) is 2. The Morgan fingerprint density at radius 1 is 1.38 bits per heavy atom. The van der Waals surface area contributed by atoms with Gasteiger partial charge >= 0.3 is 7.69 Å². The molecule has 8 heavy (non-hydrogen) atoms. The molecule has 1 rings (SSSR count). The topological polar surface area (TPSA) is 29.5 Å². The first-order valence-corrected chi connectivity index (χ1v) is 3.05. The molecule has 3 heteroatoms. The van der Waals surface area contributed by atoms with E-state index in [2.05, 4.69) is 0 Å². The lowest BCUT2D eigenvalue weighted by molar-refractivity contribution is 0.190. The summed E-state index contributed by atoms with van der Waals surface area (Å²) in [4.78, 5) is 0. The van der Waals surface area contributed by atoms with Crippen LogP contribution in [0.25, 0.3) is 0 Å². The highest BCUT2D eigenvalue weighted by Crippen LogP contribution is 2.19. The Hall–Kier alpha value is -0.0151. The summed E-state index contributed by atoms with van der Waals surface area (Å²) in [5.41, 5.74) is 0. The van der Waals surface area contributed by atoms with Gasteiger partial charge in [-0.15, -0.1) is 0 Å². The van der Waals surface area contributed by atoms with E-state index in [1.807, 2.05) is 0 Å². The van der Waals surface area contributed by atoms with Crippen LogP contribution in [0.2, 0.25) is 0 Å². The molecule has 0 aromatic rings. The van der Waals surface area contributed by atoms with Crippen molar-refractivity contribution in [2.45, 2.75) is 31.8 Å². The molecule has 45 valence electrons. The zero-order valence-electron chi connectivity index (χ0n) is 4.84. The summed E-state index contributed by atoms with van der Waals surface area (Å²) in [7, 11) is 0.802. The Morgan fingerprint density at radius 2 is 2.00 bits per heavy atom. The molecule has 0 spiro atoms. The van der Waals surface area contributed by atoms with Gasteiger partial charge < -0.3 is 9.68 Å². The van der Waals surface area contributed by atoms with E-state index in [4.69, 9.17) is 9.68 Å². The van der Waals surface area contributed by atoms with Crippen molar-refractivity contribution >= 4 is 7.69 Å². The molecular formula is C5H10BO2. The van der Waals surface area contributed by atoms with Crippen LogP contribution in [0.5, 0.6) is 0 Å². The minimum atomic E-state index is 0.306. The maximum absolute atomic E-state index is 8.18. The summed E-state index contributed by atoms with van der Waals surface area (Å²) >= 11 is 0. The van der Waals surface area contributed by atoms with Crippen LogP contribution in [0.15, 0.2) is 0 Å². The molecule has 1 aliphatic carbocycles. The first kappa shape index (κ1) is 6.11. The average molecular weight is 113 g/mol. The van der Waals surface area contributed by atoms with Crippen LogP contribution in [0, 0.1) is 0 Å². The Labute approximate surface area is 50.2 Å². The van der Waals surface area contributed by atoms with Crippen molar-refractivity contribution in [1.82, 2.24) is 0 Å². The average Bonchev–Trinajstić information content (AvgIpc) is 2.19. The molecule has 1 N–H and O–H groups in total. The molecule has 0 aromatic heterocycles. The lowest BCUT2D eigenvalue weighted by Gasteiger charge is -2.04. The van der Waals surface area contributed by atoms with Gasteiger partial charge in [0.2, 0.25) is 0 Å². The fourth-order valence-corrected chi connectivity index (χ4v) is 1.11. The smallest absolute Gasteiger partial charge is 0.429 e. The molecule has 1 saturated carbocycles. The molecule has 1 fully saturated rings. The van der Waals surface area contributed by atoms with Gasteiger partial charge in [-0.05, 0) is 12.8 Å². The maximum Gasteiger partial charge on any atom is 0.485 e. The summed E-state index contributed by atoms with van der Waals surface area (Å²) in [6.45, 7) is 0. The predicted molar refractivity (Wildman–Crippen MR) is 31.3 cm³/mol. The Kier molecular flexibility index (Phi) is 2.37. The molecule has 1 radical (unpaired) electrons. The van der Waals surface area contributed by atoms with Crippen molar-refractivity contribution in [1.29, 1.82) is 0 Å². The van der Waals surface area contributed by atoms with Crippen LogP contribution in [0.3, 0.4) is 0 Å². The molecule has 0 aromatic carbocycles. The van der Waals surface area contributed by atoms with Crippen LogP contribution in [-0.4, -0.2) is 18.8 Å². The van der Waals surface area contributed by atoms with Crippen molar-refractivity contribution in [3.8, 4) is 0 Å². The highest BCUT2D eigenvalue weighted by molar-refractivity contribution is 6.15. The summed E-state index contributed by atoms with van der Waals surface area (Å²) in [5.74, 6) is 0. The van der Waals surface area contributed by atoms with Crippen molar-refractivity contribution in [3.05, 3.63) is 0 Å². The highest BCUT2D eigenvalue weighted by atomic mass is 16.5. The van der Waals surface area contributed by atoms with Gasteiger partial charge in [0.1, 0.15) is 0 Å². The molecule has 0 saturated heterocycles. The molecule has 0 amide bonds. The van der Waals surface area contributed by atoms with E-state index >= 15 is 0 Å². The van der Waals surface area contributed by atoms with E-state index < -0.39 is 0 Å². The van der Waals surface area contributed by atoms with Gasteiger partial charge in [0.25, 0.3) is 0 Å². The van der Waals surface area contributed by atoms with Crippen molar-refractivity contribution in [2.24, 2.45) is 0 Å². The van der Waals surface area contributed by atoms with Crippen LogP contribution in [0.4, 0.5) is 0 Å². The highest BCUT2D eigenvalue weighted by Gasteiger charge is 2.14. The van der Waals surface area contributed by atoms with Gasteiger partial charge in [-0.2, -0.15) is 0 Å². The molecule has 0 heterocycles. The normalized spacial score (nSPS) is 21.6. The second-order valence-electron chi connectivity index (χ2n) is 2.15. The second-order valence-corrected chi connectivity index (χ2v) is 2.15. The number of rotatable bonds is 2. The van der Waals surface area contributed by atoms with Gasteiger partial charge in [0, 0.05) is 6.10 Å². The first-order chi connectivity index (χ1) is 3.93. The molecule has 0 unspecified atom stereocenters. The van der Waals surface area contributed by atoms with E-state index in [-0.39, 0.29) is 0 Å². The Morgan fingerprint density at radius 3 is 2.50 bits per heavy atom. The van der Waals surface area contributed by atoms with Crippen molar-refractivity contribution in [3.63, 3.8) is 0 Å². The Bertz CT molecular complexity index is 61.4. The third kappa shape index (κ3) is 1.49. The Balaban J connectivity index is 2.06. The zero-order chi connectivity index (χ0) is 5.82. The third-order valence-corrected chi connectivity index (χ3v) is 1.56. The third-order valence-electron chi connectivity index (χ3n) is 1.56. The lowest BCUT2D eigenvalue weighted by Crippen LogP contribution is -2.10. The van der Waals surface area contributed by atoms with Gasteiger partial charge in [-0.25, -0.2) is 0 Å². The summed E-state index contributed by atoms with van der Waals surface area (Å²) in [6.07, 6.45) is 5.02. The van der Waals surface area contributed by atoms with E-state index in [0.717, 1.165) is 20.5 Å². The van der Waals surface area contributed by atoms with Gasteiger partial charge in [0.15, 0.2) is 0 Å². The summed E-state index contributed by atoms with van der Waals surface area (Å²) in [6, 6.07) is 0. The van der Waals surface area contributed by atoms with Crippen LogP contribution < -0.4 is 0 Å². The van der Waals surface area contributed by atoms with Gasteiger partial charge in [-0.1, -0.05) is 12.8 Å². The second kappa shape index (κ2) is 3.10. The zero-order valence-corrected chi connectivity index (χ0v) is 4.84. The minimum Gasteiger partial charge on any atom is -0.429 e. The summed E-state index contributed by atoms with van der Waals surface area (Å²) in [5, 5.41) is 8.18. The monoisotopic (exact) mass is 113 g/mol. The predicted octanol–water partition coefficient (Wildman–Crippen LogP) is 0.472. The largest absolute Gasteiger partial charge is 0.485 e. The quantitative estimate of drug-likeness (QED) is 0.527. The standard InChI is InChI=1S/C5H10BO2/c7-6-8-5-3-1-2-4-5/h5,7H,1-4H2. The fourth-order valence-electron chi connectivity index (χ4n) is 1.11. The van der Waals surface area contributed by atoms with Gasteiger partial charge in [-0.3, -0.25) is 0 Å². The molecule has 1 aliphatic rings. The SMILES string of the molecule is O[B]OC1CCCC1. The molecule has 2 nitrogen and oxygen atoms in total.